The van der Waals surface area contributed by atoms with Crippen LogP contribution in [0, 0.1) is 5.82 Å². The van der Waals surface area contributed by atoms with Gasteiger partial charge in [0, 0.05) is 6.54 Å². The van der Waals surface area contributed by atoms with Crippen molar-refractivity contribution in [1.29, 1.82) is 0 Å². The van der Waals surface area contributed by atoms with Crippen molar-refractivity contribution in [2.75, 3.05) is 10.6 Å². The van der Waals surface area contributed by atoms with Crippen LogP contribution in [0.2, 0.25) is 0 Å². The zero-order valence-corrected chi connectivity index (χ0v) is 11.7. The Morgan fingerprint density at radius 2 is 1.73 bits per heavy atom. The third-order valence-corrected chi connectivity index (χ3v) is 2.99. The summed E-state index contributed by atoms with van der Waals surface area (Å²) in [5.41, 5.74) is 1.45. The number of anilines is 3. The van der Waals surface area contributed by atoms with Crippen LogP contribution in [0.3, 0.4) is 0 Å². The number of hydrogen-bond donors (Lipinski definition) is 2. The maximum Gasteiger partial charge on any atom is 0.244 e. The summed E-state index contributed by atoms with van der Waals surface area (Å²) in [5.74, 6) is 0.459. The van der Waals surface area contributed by atoms with E-state index in [2.05, 4.69) is 25.8 Å². The van der Waals surface area contributed by atoms with E-state index in [-0.39, 0.29) is 5.82 Å². The molecule has 1 heterocycles. The van der Waals surface area contributed by atoms with Gasteiger partial charge in [-0.3, -0.25) is 0 Å². The summed E-state index contributed by atoms with van der Waals surface area (Å²) in [5, 5.41) is 13.7. The van der Waals surface area contributed by atoms with Gasteiger partial charge in [0.15, 0.2) is 5.82 Å². The predicted octanol–water partition coefficient (Wildman–Crippen LogP) is 3.37. The minimum Gasteiger partial charge on any atom is -0.349 e. The maximum absolute atomic E-state index is 13.6. The lowest BCUT2D eigenvalue weighted by Gasteiger charge is -2.08. The van der Waals surface area contributed by atoms with Gasteiger partial charge in [0.1, 0.15) is 5.82 Å². The van der Waals surface area contributed by atoms with Gasteiger partial charge in [0.2, 0.25) is 5.95 Å². The molecule has 2 aromatic carbocycles. The fourth-order valence-corrected chi connectivity index (χ4v) is 1.92. The molecule has 22 heavy (non-hydrogen) atoms. The van der Waals surface area contributed by atoms with Gasteiger partial charge < -0.3 is 10.6 Å². The molecule has 0 aliphatic rings. The number of rotatable bonds is 5. The normalized spacial score (nSPS) is 10.2. The molecule has 0 atom stereocenters. The Kier molecular flexibility index (Phi) is 4.20. The van der Waals surface area contributed by atoms with Crippen LogP contribution < -0.4 is 10.6 Å². The monoisotopic (exact) mass is 295 g/mol. The van der Waals surface area contributed by atoms with E-state index in [4.69, 9.17) is 0 Å². The van der Waals surface area contributed by atoms with Gasteiger partial charge in [-0.15, -0.1) is 5.10 Å². The van der Waals surface area contributed by atoms with Crippen molar-refractivity contribution in [3.8, 4) is 0 Å². The number of halogens is 1. The molecule has 1 aromatic heterocycles. The molecular formula is C16H14FN5. The van der Waals surface area contributed by atoms with Gasteiger partial charge in [-0.05, 0) is 17.7 Å². The second-order valence-electron chi connectivity index (χ2n) is 4.61. The number of aromatic nitrogens is 3. The first-order valence-electron chi connectivity index (χ1n) is 6.80. The summed E-state index contributed by atoms with van der Waals surface area (Å²) in [6, 6.07) is 16.3. The molecule has 3 aromatic rings. The smallest absolute Gasteiger partial charge is 0.244 e. The van der Waals surface area contributed by atoms with Crippen LogP contribution in [0.25, 0.3) is 0 Å². The highest BCUT2D eigenvalue weighted by atomic mass is 19.1. The van der Waals surface area contributed by atoms with Crippen LogP contribution in [-0.2, 0) is 6.54 Å². The van der Waals surface area contributed by atoms with Crippen molar-refractivity contribution in [2.45, 2.75) is 6.54 Å². The predicted molar refractivity (Wildman–Crippen MR) is 83.3 cm³/mol. The second-order valence-corrected chi connectivity index (χ2v) is 4.61. The Balaban J connectivity index is 1.69. The van der Waals surface area contributed by atoms with E-state index in [0.29, 0.717) is 24.0 Å². The molecule has 0 amide bonds. The van der Waals surface area contributed by atoms with Gasteiger partial charge in [-0.1, -0.05) is 42.5 Å². The summed E-state index contributed by atoms with van der Waals surface area (Å²) in [4.78, 5) is 4.26. The van der Waals surface area contributed by atoms with Gasteiger partial charge in [0.25, 0.3) is 0 Å². The Morgan fingerprint density at radius 1 is 0.955 bits per heavy atom. The molecule has 5 nitrogen and oxygen atoms in total. The standard InChI is InChI=1S/C16H14FN5/c17-13-8-4-5-9-14(13)20-15-11-19-22-16(21-15)18-10-12-6-2-1-3-7-12/h1-9,11H,10H2,(H2,18,20,21,22). The Hall–Kier alpha value is -3.02. The summed E-state index contributed by atoms with van der Waals surface area (Å²) in [6.07, 6.45) is 1.44. The molecule has 0 saturated heterocycles. The van der Waals surface area contributed by atoms with Crippen molar-refractivity contribution in [3.63, 3.8) is 0 Å². The SMILES string of the molecule is Fc1ccccc1Nc1cnnc(NCc2ccccc2)n1. The Bertz CT molecular complexity index is 748. The minimum atomic E-state index is -0.347. The fourth-order valence-electron chi connectivity index (χ4n) is 1.92. The summed E-state index contributed by atoms with van der Waals surface area (Å²) < 4.78 is 13.6. The fraction of sp³-hybridized carbons (Fsp3) is 0.0625. The molecule has 110 valence electrons. The number of nitrogens with one attached hydrogen (secondary N) is 2. The molecular weight excluding hydrogens is 281 g/mol. The average molecular weight is 295 g/mol. The van der Waals surface area contributed by atoms with Crippen LogP contribution in [-0.4, -0.2) is 15.2 Å². The molecule has 2 N–H and O–H groups in total. The lowest BCUT2D eigenvalue weighted by atomic mass is 10.2. The quantitative estimate of drug-likeness (QED) is 0.755. The first-order valence-corrected chi connectivity index (χ1v) is 6.80. The van der Waals surface area contributed by atoms with Crippen molar-refractivity contribution >= 4 is 17.5 Å². The molecule has 0 spiro atoms. The lowest BCUT2D eigenvalue weighted by molar-refractivity contribution is 0.631. The largest absolute Gasteiger partial charge is 0.349 e. The van der Waals surface area contributed by atoms with Crippen LogP contribution in [0.1, 0.15) is 5.56 Å². The zero-order valence-electron chi connectivity index (χ0n) is 11.7. The molecule has 6 heteroatoms. The van der Waals surface area contributed by atoms with E-state index < -0.39 is 0 Å². The third-order valence-electron chi connectivity index (χ3n) is 2.99. The van der Waals surface area contributed by atoms with Crippen LogP contribution in [0.4, 0.5) is 21.8 Å². The van der Waals surface area contributed by atoms with Crippen LogP contribution >= 0.6 is 0 Å². The molecule has 0 fully saturated rings. The Morgan fingerprint density at radius 3 is 2.55 bits per heavy atom. The number of para-hydroxylation sites is 1. The van der Waals surface area contributed by atoms with E-state index in [1.54, 1.807) is 18.2 Å². The highest BCUT2D eigenvalue weighted by Crippen LogP contribution is 2.17. The molecule has 0 aliphatic heterocycles. The van der Waals surface area contributed by atoms with E-state index in [1.165, 1.54) is 12.3 Å². The van der Waals surface area contributed by atoms with E-state index in [0.717, 1.165) is 5.56 Å². The lowest BCUT2D eigenvalue weighted by Crippen LogP contribution is -2.06. The van der Waals surface area contributed by atoms with E-state index in [9.17, 15) is 4.39 Å². The van der Waals surface area contributed by atoms with Gasteiger partial charge in [-0.25, -0.2) is 4.39 Å². The highest BCUT2D eigenvalue weighted by molar-refractivity contribution is 5.56. The number of nitrogens with zero attached hydrogens (tertiary/aromatic N) is 3. The highest BCUT2D eigenvalue weighted by Gasteiger charge is 2.04. The second kappa shape index (κ2) is 6.62. The molecule has 0 radical (unpaired) electrons. The van der Waals surface area contributed by atoms with Crippen molar-refractivity contribution < 1.29 is 4.39 Å². The Labute approximate surface area is 127 Å². The molecule has 3 rings (SSSR count). The zero-order chi connectivity index (χ0) is 15.2. The van der Waals surface area contributed by atoms with E-state index >= 15 is 0 Å². The van der Waals surface area contributed by atoms with Crippen molar-refractivity contribution in [3.05, 3.63) is 72.2 Å². The van der Waals surface area contributed by atoms with Gasteiger partial charge in [-0.2, -0.15) is 10.1 Å². The first-order chi connectivity index (χ1) is 10.8. The van der Waals surface area contributed by atoms with Crippen LogP contribution in [0.15, 0.2) is 60.8 Å². The summed E-state index contributed by atoms with van der Waals surface area (Å²) >= 11 is 0. The number of hydrogen-bond acceptors (Lipinski definition) is 5. The maximum atomic E-state index is 13.6. The first kappa shape index (κ1) is 13.9. The molecule has 0 saturated carbocycles. The average Bonchev–Trinajstić information content (AvgIpc) is 2.57. The van der Waals surface area contributed by atoms with Gasteiger partial charge in [0.05, 0.1) is 11.9 Å². The van der Waals surface area contributed by atoms with Crippen molar-refractivity contribution in [1.82, 2.24) is 15.2 Å². The van der Waals surface area contributed by atoms with Crippen molar-refractivity contribution in [2.24, 2.45) is 0 Å². The van der Waals surface area contributed by atoms with Crippen LogP contribution in [0.5, 0.6) is 0 Å². The topological polar surface area (TPSA) is 62.7 Å². The molecule has 0 unspecified atom stereocenters. The summed E-state index contributed by atoms with van der Waals surface area (Å²) in [6.45, 7) is 0.589. The van der Waals surface area contributed by atoms with Gasteiger partial charge >= 0.3 is 0 Å². The molecule has 0 aliphatic carbocycles. The van der Waals surface area contributed by atoms with E-state index in [1.807, 2.05) is 30.3 Å². The number of benzene rings is 2. The minimum absolute atomic E-state index is 0.344. The summed E-state index contributed by atoms with van der Waals surface area (Å²) in [7, 11) is 0. The molecule has 0 bridgehead atoms. The third kappa shape index (κ3) is 3.54.